The lowest BCUT2D eigenvalue weighted by Gasteiger charge is -2.04. The maximum Gasteiger partial charge on any atom is 0.155 e. The smallest absolute Gasteiger partial charge is 0.155 e. The lowest BCUT2D eigenvalue weighted by atomic mass is 10.1. The number of aliphatic imine (C=N–C) groups is 1. The molecule has 0 spiro atoms. The van der Waals surface area contributed by atoms with E-state index in [2.05, 4.69) is 23.3 Å². The van der Waals surface area contributed by atoms with E-state index < -0.39 is 0 Å². The molecule has 0 aliphatic heterocycles. The molecular weight excluding hydrogens is 166 g/mol. The number of aromatic nitrogens is 1. The second-order valence-electron chi connectivity index (χ2n) is 2.34. The van der Waals surface area contributed by atoms with Gasteiger partial charge in [-0.2, -0.15) is 0 Å². The minimum Gasteiger partial charge on any atom is -0.383 e. The Kier molecular flexibility index (Phi) is 2.54. The minimum absolute atomic E-state index is 0.156. The first-order valence-corrected chi connectivity index (χ1v) is 3.57. The standard InChI is InChI=1S/C9H9N3O/c1-3-6-4-12-9(10)7(5-13)8(6)11-2/h3-5H,1-2H2,(H2,10,12). The van der Waals surface area contributed by atoms with Crippen LogP contribution in [-0.2, 0) is 0 Å². The number of hydrogen-bond acceptors (Lipinski definition) is 4. The molecule has 0 aliphatic rings. The van der Waals surface area contributed by atoms with Crippen LogP contribution in [0.2, 0.25) is 0 Å². The molecule has 0 unspecified atom stereocenters. The summed E-state index contributed by atoms with van der Waals surface area (Å²) in [6.45, 7) is 6.91. The maximum atomic E-state index is 10.6. The van der Waals surface area contributed by atoms with Crippen LogP contribution in [0.5, 0.6) is 0 Å². The predicted molar refractivity (Wildman–Crippen MR) is 53.3 cm³/mol. The number of aldehydes is 1. The Hall–Kier alpha value is -1.97. The highest BCUT2D eigenvalue weighted by Crippen LogP contribution is 2.26. The third kappa shape index (κ3) is 1.46. The minimum atomic E-state index is 0.156. The largest absolute Gasteiger partial charge is 0.383 e. The van der Waals surface area contributed by atoms with Crippen molar-refractivity contribution >= 4 is 30.6 Å². The third-order valence-corrected chi connectivity index (χ3v) is 1.64. The van der Waals surface area contributed by atoms with Crippen LogP contribution < -0.4 is 5.73 Å². The summed E-state index contributed by atoms with van der Waals surface area (Å²) in [4.78, 5) is 18.2. The molecule has 1 rings (SSSR count). The number of nitrogens with two attached hydrogens (primary N) is 1. The molecule has 1 aromatic heterocycles. The zero-order valence-electron chi connectivity index (χ0n) is 7.03. The molecule has 0 saturated carbocycles. The van der Waals surface area contributed by atoms with Crippen LogP contribution in [0.25, 0.3) is 6.08 Å². The van der Waals surface area contributed by atoms with Crippen molar-refractivity contribution in [3.8, 4) is 0 Å². The molecule has 4 nitrogen and oxygen atoms in total. The van der Waals surface area contributed by atoms with Gasteiger partial charge >= 0.3 is 0 Å². The van der Waals surface area contributed by atoms with Gasteiger partial charge in [-0.15, -0.1) is 0 Å². The van der Waals surface area contributed by atoms with Gasteiger partial charge in [0.25, 0.3) is 0 Å². The van der Waals surface area contributed by atoms with Crippen molar-refractivity contribution < 1.29 is 4.79 Å². The number of anilines is 1. The van der Waals surface area contributed by atoms with Gasteiger partial charge in [0.05, 0.1) is 11.3 Å². The van der Waals surface area contributed by atoms with Gasteiger partial charge in [0.15, 0.2) is 6.29 Å². The van der Waals surface area contributed by atoms with Crippen molar-refractivity contribution in [2.45, 2.75) is 0 Å². The summed E-state index contributed by atoms with van der Waals surface area (Å²) in [6.07, 6.45) is 3.65. The van der Waals surface area contributed by atoms with E-state index in [4.69, 9.17) is 5.73 Å². The Morgan fingerprint density at radius 1 is 1.62 bits per heavy atom. The van der Waals surface area contributed by atoms with Crippen LogP contribution in [-0.4, -0.2) is 18.0 Å². The number of nitrogens with zero attached hydrogens (tertiary/aromatic N) is 2. The van der Waals surface area contributed by atoms with Crippen molar-refractivity contribution in [2.24, 2.45) is 4.99 Å². The fraction of sp³-hybridized carbons (Fsp3) is 0. The van der Waals surface area contributed by atoms with Crippen molar-refractivity contribution in [1.82, 2.24) is 4.98 Å². The average Bonchev–Trinajstić information content (AvgIpc) is 2.17. The lowest BCUT2D eigenvalue weighted by Crippen LogP contribution is -1.98. The Morgan fingerprint density at radius 3 is 2.77 bits per heavy atom. The summed E-state index contributed by atoms with van der Waals surface area (Å²) in [5.41, 5.74) is 6.80. The highest BCUT2D eigenvalue weighted by atomic mass is 16.1. The Morgan fingerprint density at radius 2 is 2.31 bits per heavy atom. The first kappa shape index (κ1) is 9.12. The lowest BCUT2D eigenvalue weighted by molar-refractivity contribution is 0.112. The molecule has 0 aliphatic carbocycles. The molecule has 1 heterocycles. The molecule has 0 fully saturated rings. The van der Waals surface area contributed by atoms with Crippen LogP contribution in [0.3, 0.4) is 0 Å². The molecule has 2 N–H and O–H groups in total. The predicted octanol–water partition coefficient (Wildman–Crippen LogP) is 1.45. The molecule has 1 aromatic rings. The monoisotopic (exact) mass is 175 g/mol. The van der Waals surface area contributed by atoms with Crippen molar-refractivity contribution in [3.63, 3.8) is 0 Å². The second-order valence-corrected chi connectivity index (χ2v) is 2.34. The summed E-state index contributed by atoms with van der Waals surface area (Å²) < 4.78 is 0. The van der Waals surface area contributed by atoms with E-state index in [0.29, 0.717) is 17.5 Å². The van der Waals surface area contributed by atoms with Crippen LogP contribution in [0.1, 0.15) is 15.9 Å². The topological polar surface area (TPSA) is 68.3 Å². The SMILES string of the molecule is C=Cc1cnc(N)c(C=O)c1N=C. The van der Waals surface area contributed by atoms with Gasteiger partial charge in [-0.3, -0.25) is 9.79 Å². The van der Waals surface area contributed by atoms with Crippen molar-refractivity contribution in [1.29, 1.82) is 0 Å². The fourth-order valence-corrected chi connectivity index (χ4v) is 0.989. The molecule has 0 radical (unpaired) electrons. The molecule has 13 heavy (non-hydrogen) atoms. The van der Waals surface area contributed by atoms with Gasteiger partial charge in [0.1, 0.15) is 5.82 Å². The van der Waals surface area contributed by atoms with Gasteiger partial charge < -0.3 is 5.73 Å². The zero-order valence-corrected chi connectivity index (χ0v) is 7.03. The number of pyridine rings is 1. The summed E-state index contributed by atoms with van der Waals surface area (Å²) >= 11 is 0. The molecular formula is C9H9N3O. The fourth-order valence-electron chi connectivity index (χ4n) is 0.989. The number of rotatable bonds is 3. The zero-order chi connectivity index (χ0) is 9.84. The molecule has 4 heteroatoms. The van der Waals surface area contributed by atoms with Crippen LogP contribution in [0.4, 0.5) is 11.5 Å². The van der Waals surface area contributed by atoms with Gasteiger partial charge in [-0.05, 0) is 6.72 Å². The number of hydrogen-bond donors (Lipinski definition) is 1. The van der Waals surface area contributed by atoms with E-state index in [0.717, 1.165) is 0 Å². The summed E-state index contributed by atoms with van der Waals surface area (Å²) in [7, 11) is 0. The molecule has 0 bridgehead atoms. The summed E-state index contributed by atoms with van der Waals surface area (Å²) in [5, 5.41) is 0. The highest BCUT2D eigenvalue weighted by Gasteiger charge is 2.08. The quantitative estimate of drug-likeness (QED) is 0.558. The van der Waals surface area contributed by atoms with E-state index in [-0.39, 0.29) is 11.4 Å². The second kappa shape index (κ2) is 3.62. The molecule has 0 saturated heterocycles. The van der Waals surface area contributed by atoms with Gasteiger partial charge in [0, 0.05) is 11.8 Å². The molecule has 66 valence electrons. The van der Waals surface area contributed by atoms with E-state index in [9.17, 15) is 4.79 Å². The summed E-state index contributed by atoms with van der Waals surface area (Å²) in [5.74, 6) is 0.156. The first-order chi connectivity index (χ1) is 6.24. The van der Waals surface area contributed by atoms with Crippen molar-refractivity contribution in [2.75, 3.05) is 5.73 Å². The van der Waals surface area contributed by atoms with E-state index in [1.165, 1.54) is 6.20 Å². The van der Waals surface area contributed by atoms with Crippen LogP contribution >= 0.6 is 0 Å². The van der Waals surface area contributed by atoms with E-state index in [1.807, 2.05) is 0 Å². The third-order valence-electron chi connectivity index (χ3n) is 1.64. The maximum absolute atomic E-state index is 10.6. The van der Waals surface area contributed by atoms with E-state index in [1.54, 1.807) is 6.08 Å². The first-order valence-electron chi connectivity index (χ1n) is 3.57. The van der Waals surface area contributed by atoms with Crippen LogP contribution in [0.15, 0.2) is 17.8 Å². The Bertz CT molecular complexity index is 371. The number of carbonyl (C=O) groups excluding carboxylic acids is 1. The molecule has 0 atom stereocenters. The summed E-state index contributed by atoms with van der Waals surface area (Å²) in [6, 6.07) is 0. The average molecular weight is 175 g/mol. The van der Waals surface area contributed by atoms with Crippen LogP contribution in [0, 0.1) is 0 Å². The Labute approximate surface area is 75.8 Å². The normalized spacial score (nSPS) is 9.23. The number of nitrogen functional groups attached to an aromatic ring is 1. The van der Waals surface area contributed by atoms with Crippen molar-refractivity contribution in [3.05, 3.63) is 23.9 Å². The van der Waals surface area contributed by atoms with Gasteiger partial charge in [-0.1, -0.05) is 12.7 Å². The highest BCUT2D eigenvalue weighted by molar-refractivity contribution is 5.92. The van der Waals surface area contributed by atoms with Gasteiger partial charge in [0.2, 0.25) is 0 Å². The van der Waals surface area contributed by atoms with Gasteiger partial charge in [-0.25, -0.2) is 4.98 Å². The van der Waals surface area contributed by atoms with E-state index >= 15 is 0 Å². The Balaban J connectivity index is 3.53. The number of carbonyl (C=O) groups is 1. The molecule has 0 amide bonds. The molecule has 0 aromatic carbocycles.